The Morgan fingerprint density at radius 2 is 0.561 bits per heavy atom. The van der Waals surface area contributed by atoms with Crippen LogP contribution >= 0.6 is 0 Å². The lowest BCUT2D eigenvalue weighted by Crippen LogP contribution is -2.15. The lowest BCUT2D eigenvalue weighted by Gasteiger charge is -2.25. The van der Waals surface area contributed by atoms with Crippen LogP contribution in [0.4, 0.5) is 34.1 Å². The molecule has 0 heterocycles. The molecule has 9 rings (SSSR count). The highest BCUT2D eigenvalue weighted by Gasteiger charge is 2.35. The maximum absolute atomic E-state index is 2.37. The zero-order valence-electron chi connectivity index (χ0n) is 32.3. The van der Waals surface area contributed by atoms with E-state index >= 15 is 0 Å². The maximum atomic E-state index is 2.37. The Balaban J connectivity index is 0.914. The molecular formula is C55H44N2. The fourth-order valence-corrected chi connectivity index (χ4v) is 8.04. The van der Waals surface area contributed by atoms with E-state index in [1.807, 2.05) is 0 Å². The van der Waals surface area contributed by atoms with E-state index in [9.17, 15) is 0 Å². The molecule has 2 heteroatoms. The smallest absolute Gasteiger partial charge is 0.0462 e. The van der Waals surface area contributed by atoms with Gasteiger partial charge in [-0.3, -0.25) is 0 Å². The van der Waals surface area contributed by atoms with Gasteiger partial charge >= 0.3 is 0 Å². The van der Waals surface area contributed by atoms with Gasteiger partial charge in [0.2, 0.25) is 0 Å². The van der Waals surface area contributed by atoms with E-state index < -0.39 is 0 Å². The Hall–Kier alpha value is -7.16. The van der Waals surface area contributed by atoms with Crippen LogP contribution in [0.3, 0.4) is 0 Å². The SMILES string of the molecule is CC1(C)c2cc(C=Cc3ccc(N(c4ccccc4)c4ccccc4)cc3)ccc2-c2ccc(C=Cc3ccc(N(c4ccccc4)c4ccccc4)cc3)cc21. The molecule has 1 aliphatic rings. The topological polar surface area (TPSA) is 6.48 Å². The lowest BCUT2D eigenvalue weighted by molar-refractivity contribution is 0.660. The first-order valence-corrected chi connectivity index (χ1v) is 19.7. The van der Waals surface area contributed by atoms with Crippen molar-refractivity contribution in [2.24, 2.45) is 0 Å². The van der Waals surface area contributed by atoms with Crippen LogP contribution in [-0.2, 0) is 5.41 Å². The van der Waals surface area contributed by atoms with E-state index in [1.165, 1.54) is 44.5 Å². The van der Waals surface area contributed by atoms with Gasteiger partial charge in [-0.25, -0.2) is 0 Å². The van der Waals surface area contributed by atoms with Crippen molar-refractivity contribution in [3.63, 3.8) is 0 Å². The fraction of sp³-hybridized carbons (Fsp3) is 0.0545. The Morgan fingerprint density at radius 1 is 0.298 bits per heavy atom. The van der Waals surface area contributed by atoms with Gasteiger partial charge < -0.3 is 9.80 Å². The van der Waals surface area contributed by atoms with Gasteiger partial charge in [0, 0.05) is 39.5 Å². The Kier molecular flexibility index (Phi) is 9.68. The summed E-state index contributed by atoms with van der Waals surface area (Å²) in [5, 5.41) is 0. The highest BCUT2D eigenvalue weighted by molar-refractivity contribution is 5.85. The summed E-state index contributed by atoms with van der Waals surface area (Å²) in [4.78, 5) is 4.58. The van der Waals surface area contributed by atoms with Crippen LogP contribution in [0.15, 0.2) is 206 Å². The number of rotatable bonds is 10. The molecule has 1 aliphatic carbocycles. The van der Waals surface area contributed by atoms with E-state index in [0.29, 0.717) is 0 Å². The maximum Gasteiger partial charge on any atom is 0.0462 e. The number of hydrogen-bond donors (Lipinski definition) is 0. The summed E-state index contributed by atoms with van der Waals surface area (Å²) < 4.78 is 0. The molecule has 274 valence electrons. The lowest BCUT2D eigenvalue weighted by atomic mass is 9.81. The van der Waals surface area contributed by atoms with E-state index in [1.54, 1.807) is 0 Å². The van der Waals surface area contributed by atoms with Crippen molar-refractivity contribution in [3.8, 4) is 11.1 Å². The van der Waals surface area contributed by atoms with E-state index in [2.05, 4.69) is 254 Å². The van der Waals surface area contributed by atoms with Crippen molar-refractivity contribution < 1.29 is 0 Å². The molecule has 0 N–H and O–H groups in total. The number of hydrogen-bond acceptors (Lipinski definition) is 2. The minimum Gasteiger partial charge on any atom is -0.311 e. The summed E-state index contributed by atoms with van der Waals surface area (Å²) in [6.45, 7) is 4.71. The van der Waals surface area contributed by atoms with Crippen LogP contribution in [0, 0.1) is 0 Å². The molecule has 0 saturated carbocycles. The van der Waals surface area contributed by atoms with Gasteiger partial charge in [0.15, 0.2) is 0 Å². The third-order valence-electron chi connectivity index (χ3n) is 11.0. The standard InChI is InChI=1S/C55H44N2/c1-55(2)53-39-43(25-23-41-27-33-49(34-28-41)56(45-15-7-3-8-16-45)46-17-9-4-10-18-46)31-37-51(53)52-38-32-44(40-54(52)55)26-24-42-29-35-50(36-30-42)57(47-19-11-5-12-20-47)48-21-13-6-14-22-48/h3-40H,1-2H3. The van der Waals surface area contributed by atoms with Crippen molar-refractivity contribution in [2.75, 3.05) is 9.80 Å². The molecule has 0 aromatic heterocycles. The molecule has 0 radical (unpaired) electrons. The van der Waals surface area contributed by atoms with Gasteiger partial charge in [-0.1, -0.05) is 172 Å². The first-order chi connectivity index (χ1) is 28.0. The quantitative estimate of drug-likeness (QED) is 0.129. The summed E-state index contributed by atoms with van der Waals surface area (Å²) in [5.74, 6) is 0. The number of fused-ring (bicyclic) bond motifs is 3. The Bertz CT molecular complexity index is 2390. The summed E-state index contributed by atoms with van der Waals surface area (Å²) in [6, 6.07) is 73.6. The molecule has 0 atom stereocenters. The molecule has 8 aromatic rings. The first kappa shape index (κ1) is 35.5. The van der Waals surface area contributed by atoms with Crippen LogP contribution in [0.2, 0.25) is 0 Å². The van der Waals surface area contributed by atoms with E-state index in [4.69, 9.17) is 0 Å². The second-order valence-corrected chi connectivity index (χ2v) is 15.1. The van der Waals surface area contributed by atoms with Crippen molar-refractivity contribution in [1.29, 1.82) is 0 Å². The second-order valence-electron chi connectivity index (χ2n) is 15.1. The largest absolute Gasteiger partial charge is 0.311 e. The van der Waals surface area contributed by atoms with Gasteiger partial charge in [-0.15, -0.1) is 0 Å². The van der Waals surface area contributed by atoms with Gasteiger partial charge in [-0.05, 0) is 117 Å². The molecule has 8 aromatic carbocycles. The molecule has 0 amide bonds. The molecular weight excluding hydrogens is 689 g/mol. The molecule has 0 spiro atoms. The van der Waals surface area contributed by atoms with Crippen LogP contribution in [-0.4, -0.2) is 0 Å². The van der Waals surface area contributed by atoms with Crippen molar-refractivity contribution >= 4 is 58.4 Å². The number of benzene rings is 8. The highest BCUT2D eigenvalue weighted by atomic mass is 15.1. The van der Waals surface area contributed by atoms with E-state index in [0.717, 1.165) is 34.1 Å². The molecule has 0 fully saturated rings. The van der Waals surface area contributed by atoms with Gasteiger partial charge in [0.25, 0.3) is 0 Å². The number of nitrogens with zero attached hydrogens (tertiary/aromatic N) is 2. The normalized spacial score (nSPS) is 12.7. The molecule has 0 saturated heterocycles. The first-order valence-electron chi connectivity index (χ1n) is 19.7. The van der Waals surface area contributed by atoms with Crippen LogP contribution < -0.4 is 9.80 Å². The third-order valence-corrected chi connectivity index (χ3v) is 11.0. The van der Waals surface area contributed by atoms with Crippen molar-refractivity contribution in [1.82, 2.24) is 0 Å². The molecule has 57 heavy (non-hydrogen) atoms. The van der Waals surface area contributed by atoms with Crippen LogP contribution in [0.1, 0.15) is 47.2 Å². The zero-order chi connectivity index (χ0) is 38.6. The van der Waals surface area contributed by atoms with Crippen LogP contribution in [0.25, 0.3) is 35.4 Å². The molecule has 0 aliphatic heterocycles. The monoisotopic (exact) mass is 732 g/mol. The van der Waals surface area contributed by atoms with Gasteiger partial charge in [0.1, 0.15) is 0 Å². The summed E-state index contributed by atoms with van der Waals surface area (Å²) >= 11 is 0. The van der Waals surface area contributed by atoms with Crippen LogP contribution in [0.5, 0.6) is 0 Å². The molecule has 2 nitrogen and oxygen atoms in total. The Labute approximate surface area is 337 Å². The summed E-state index contributed by atoms with van der Waals surface area (Å²) in [5.41, 5.74) is 16.8. The minimum absolute atomic E-state index is 0.113. The molecule has 0 unspecified atom stereocenters. The fourth-order valence-electron chi connectivity index (χ4n) is 8.04. The average Bonchev–Trinajstić information content (AvgIpc) is 3.49. The predicted octanol–water partition coefficient (Wildman–Crippen LogP) is 15.3. The minimum atomic E-state index is -0.113. The zero-order valence-corrected chi connectivity index (χ0v) is 32.3. The Morgan fingerprint density at radius 3 is 0.877 bits per heavy atom. The predicted molar refractivity (Wildman–Crippen MR) is 244 cm³/mol. The second kappa shape index (κ2) is 15.5. The van der Waals surface area contributed by atoms with Gasteiger partial charge in [0.05, 0.1) is 0 Å². The average molecular weight is 733 g/mol. The molecule has 0 bridgehead atoms. The van der Waals surface area contributed by atoms with E-state index in [-0.39, 0.29) is 5.41 Å². The number of anilines is 6. The van der Waals surface area contributed by atoms with Gasteiger partial charge in [-0.2, -0.15) is 0 Å². The van der Waals surface area contributed by atoms with Crippen molar-refractivity contribution in [2.45, 2.75) is 19.3 Å². The number of para-hydroxylation sites is 4. The highest BCUT2D eigenvalue weighted by Crippen LogP contribution is 2.49. The summed E-state index contributed by atoms with van der Waals surface area (Å²) in [6.07, 6.45) is 8.90. The summed E-state index contributed by atoms with van der Waals surface area (Å²) in [7, 11) is 0. The third kappa shape index (κ3) is 7.34. The van der Waals surface area contributed by atoms with Crippen molar-refractivity contribution in [3.05, 3.63) is 240 Å².